The molecule has 0 bridgehead atoms. The zero-order valence-electron chi connectivity index (χ0n) is 19.2. The lowest BCUT2D eigenvalue weighted by Gasteiger charge is -2.35. The Kier molecular flexibility index (Phi) is 7.40. The summed E-state index contributed by atoms with van der Waals surface area (Å²) in [5.41, 5.74) is 2.00. The van der Waals surface area contributed by atoms with Crippen LogP contribution in [0, 0.1) is 6.92 Å². The molecule has 33 heavy (non-hydrogen) atoms. The van der Waals surface area contributed by atoms with Gasteiger partial charge in [-0.25, -0.2) is 9.97 Å². The quantitative estimate of drug-likeness (QED) is 0.488. The first kappa shape index (κ1) is 22.6. The lowest BCUT2D eigenvalue weighted by atomic mass is 10.1. The second-order valence-corrected chi connectivity index (χ2v) is 8.02. The Morgan fingerprint density at radius 3 is 2.33 bits per heavy atom. The maximum atomic E-state index is 12.6. The van der Waals surface area contributed by atoms with Crippen molar-refractivity contribution >= 4 is 11.7 Å². The standard InChI is InChI=1S/C26H30N4O3/c1-20-27-24(21-7-4-3-5-8-21)19-25(28-20)29-14-16-30(17-15-29)26(31)9-6-18-33-23-12-10-22(32-2)11-13-23/h3-5,7-8,10-13,19H,6,9,14-18H2,1-2H3. The smallest absolute Gasteiger partial charge is 0.222 e. The van der Waals surface area contributed by atoms with Crippen LogP contribution in [-0.4, -0.2) is 60.7 Å². The van der Waals surface area contributed by atoms with Gasteiger partial charge >= 0.3 is 0 Å². The highest BCUT2D eigenvalue weighted by Gasteiger charge is 2.22. The maximum absolute atomic E-state index is 12.6. The number of aryl methyl sites for hydroxylation is 1. The van der Waals surface area contributed by atoms with Gasteiger partial charge in [-0.15, -0.1) is 0 Å². The number of amides is 1. The number of anilines is 1. The largest absolute Gasteiger partial charge is 0.497 e. The first-order chi connectivity index (χ1) is 16.1. The van der Waals surface area contributed by atoms with Gasteiger partial charge in [0.1, 0.15) is 23.1 Å². The van der Waals surface area contributed by atoms with Crippen LogP contribution in [0.25, 0.3) is 11.3 Å². The predicted molar refractivity (Wildman–Crippen MR) is 129 cm³/mol. The van der Waals surface area contributed by atoms with Crippen molar-refractivity contribution in [3.63, 3.8) is 0 Å². The number of carbonyl (C=O) groups is 1. The van der Waals surface area contributed by atoms with E-state index in [0.717, 1.165) is 47.5 Å². The summed E-state index contributed by atoms with van der Waals surface area (Å²) >= 11 is 0. The molecule has 3 aromatic rings. The lowest BCUT2D eigenvalue weighted by molar-refractivity contribution is -0.131. The zero-order valence-corrected chi connectivity index (χ0v) is 19.2. The van der Waals surface area contributed by atoms with Gasteiger partial charge in [-0.1, -0.05) is 30.3 Å². The highest BCUT2D eigenvalue weighted by molar-refractivity contribution is 5.76. The summed E-state index contributed by atoms with van der Waals surface area (Å²) in [5, 5.41) is 0. The number of hydrogen-bond donors (Lipinski definition) is 0. The third-order valence-electron chi connectivity index (χ3n) is 5.71. The minimum Gasteiger partial charge on any atom is -0.497 e. The fourth-order valence-corrected chi connectivity index (χ4v) is 3.90. The van der Waals surface area contributed by atoms with E-state index in [4.69, 9.17) is 9.47 Å². The molecule has 1 aliphatic rings. The second-order valence-electron chi connectivity index (χ2n) is 8.02. The average molecular weight is 447 g/mol. The summed E-state index contributed by atoms with van der Waals surface area (Å²) in [7, 11) is 1.64. The molecule has 4 rings (SSSR count). The third-order valence-corrected chi connectivity index (χ3v) is 5.71. The number of nitrogens with zero attached hydrogens (tertiary/aromatic N) is 4. The molecule has 0 spiro atoms. The van der Waals surface area contributed by atoms with Crippen LogP contribution in [0.2, 0.25) is 0 Å². The minimum absolute atomic E-state index is 0.178. The first-order valence-corrected chi connectivity index (χ1v) is 11.3. The molecule has 0 atom stereocenters. The molecule has 2 heterocycles. The normalized spacial score (nSPS) is 13.6. The Morgan fingerprint density at radius 2 is 1.64 bits per heavy atom. The van der Waals surface area contributed by atoms with Gasteiger partial charge in [0.05, 0.1) is 19.4 Å². The molecule has 0 N–H and O–H groups in total. The number of methoxy groups -OCH3 is 1. The molecule has 0 saturated carbocycles. The van der Waals surface area contributed by atoms with Crippen molar-refractivity contribution in [2.24, 2.45) is 0 Å². The zero-order chi connectivity index (χ0) is 23.0. The Morgan fingerprint density at radius 1 is 0.939 bits per heavy atom. The van der Waals surface area contributed by atoms with Gasteiger partial charge in [0.2, 0.25) is 5.91 Å². The monoisotopic (exact) mass is 446 g/mol. The van der Waals surface area contributed by atoms with Crippen LogP contribution in [0.15, 0.2) is 60.7 Å². The van der Waals surface area contributed by atoms with Crippen LogP contribution in [0.4, 0.5) is 5.82 Å². The summed E-state index contributed by atoms with van der Waals surface area (Å²) < 4.78 is 10.9. The maximum Gasteiger partial charge on any atom is 0.222 e. The average Bonchev–Trinajstić information content (AvgIpc) is 2.87. The van der Waals surface area contributed by atoms with E-state index in [0.29, 0.717) is 32.5 Å². The summed E-state index contributed by atoms with van der Waals surface area (Å²) in [6.07, 6.45) is 1.18. The van der Waals surface area contributed by atoms with Gasteiger partial charge in [-0.05, 0) is 37.6 Å². The van der Waals surface area contributed by atoms with E-state index in [1.165, 1.54) is 0 Å². The van der Waals surface area contributed by atoms with Crippen LogP contribution < -0.4 is 14.4 Å². The van der Waals surface area contributed by atoms with Crippen LogP contribution in [-0.2, 0) is 4.79 Å². The van der Waals surface area contributed by atoms with Crippen molar-refractivity contribution in [1.29, 1.82) is 0 Å². The van der Waals surface area contributed by atoms with Gasteiger partial charge in [-0.3, -0.25) is 4.79 Å². The molecule has 0 unspecified atom stereocenters. The Bertz CT molecular complexity index is 1050. The van der Waals surface area contributed by atoms with Gasteiger partial charge in [0.15, 0.2) is 0 Å². The van der Waals surface area contributed by atoms with E-state index in [9.17, 15) is 4.79 Å². The molecule has 0 aliphatic carbocycles. The van der Waals surface area contributed by atoms with E-state index in [-0.39, 0.29) is 5.91 Å². The molecule has 1 saturated heterocycles. The molecule has 1 fully saturated rings. The number of benzene rings is 2. The fourth-order valence-electron chi connectivity index (χ4n) is 3.90. The van der Waals surface area contributed by atoms with Crippen molar-refractivity contribution in [1.82, 2.24) is 14.9 Å². The number of hydrogen-bond acceptors (Lipinski definition) is 6. The van der Waals surface area contributed by atoms with Crippen LogP contribution in [0.1, 0.15) is 18.7 Å². The summed E-state index contributed by atoms with van der Waals surface area (Å²) in [5.74, 6) is 3.43. The predicted octanol–water partition coefficient (Wildman–Crippen LogP) is 3.97. The molecular formula is C26H30N4O3. The van der Waals surface area contributed by atoms with Crippen LogP contribution >= 0.6 is 0 Å². The summed E-state index contributed by atoms with van der Waals surface area (Å²) in [6.45, 7) is 5.35. The van der Waals surface area contributed by atoms with Gasteiger partial charge < -0.3 is 19.3 Å². The lowest BCUT2D eigenvalue weighted by Crippen LogP contribution is -2.49. The Hall–Kier alpha value is -3.61. The molecule has 2 aromatic carbocycles. The van der Waals surface area contributed by atoms with Gasteiger partial charge in [0.25, 0.3) is 0 Å². The fraction of sp³-hybridized carbons (Fsp3) is 0.346. The van der Waals surface area contributed by atoms with Crippen molar-refractivity contribution in [2.75, 3.05) is 44.8 Å². The van der Waals surface area contributed by atoms with Crippen molar-refractivity contribution < 1.29 is 14.3 Å². The minimum atomic E-state index is 0.178. The highest BCUT2D eigenvalue weighted by atomic mass is 16.5. The van der Waals surface area contributed by atoms with Crippen molar-refractivity contribution in [2.45, 2.75) is 19.8 Å². The van der Waals surface area contributed by atoms with E-state index in [2.05, 4.69) is 27.0 Å². The number of carbonyl (C=O) groups excluding carboxylic acids is 1. The molecule has 0 radical (unpaired) electrons. The molecule has 1 aliphatic heterocycles. The van der Waals surface area contributed by atoms with E-state index in [1.54, 1.807) is 7.11 Å². The van der Waals surface area contributed by atoms with Crippen LogP contribution in [0.3, 0.4) is 0 Å². The van der Waals surface area contributed by atoms with Crippen molar-refractivity contribution in [3.05, 3.63) is 66.5 Å². The Balaban J connectivity index is 1.24. The third kappa shape index (κ3) is 6.00. The number of ether oxygens (including phenoxy) is 2. The summed E-state index contributed by atoms with van der Waals surface area (Å²) in [6, 6.07) is 19.6. The Labute approximate surface area is 195 Å². The SMILES string of the molecule is COc1ccc(OCCCC(=O)N2CCN(c3cc(-c4ccccc4)nc(C)n3)CC2)cc1. The molecule has 1 aromatic heterocycles. The number of aromatic nitrogens is 2. The van der Waals surface area contributed by atoms with E-state index >= 15 is 0 Å². The molecule has 1 amide bonds. The molecule has 7 heteroatoms. The molecule has 7 nitrogen and oxygen atoms in total. The topological polar surface area (TPSA) is 67.8 Å². The molecular weight excluding hydrogens is 416 g/mol. The van der Waals surface area contributed by atoms with Crippen molar-refractivity contribution in [3.8, 4) is 22.8 Å². The van der Waals surface area contributed by atoms with E-state index < -0.39 is 0 Å². The van der Waals surface area contributed by atoms with E-state index in [1.807, 2.05) is 60.4 Å². The number of rotatable bonds is 8. The van der Waals surface area contributed by atoms with Gasteiger partial charge in [0, 0.05) is 44.2 Å². The second kappa shape index (κ2) is 10.8. The highest BCUT2D eigenvalue weighted by Crippen LogP contribution is 2.23. The van der Waals surface area contributed by atoms with Gasteiger partial charge in [-0.2, -0.15) is 0 Å². The van der Waals surface area contributed by atoms with Crippen LogP contribution in [0.5, 0.6) is 11.5 Å². The first-order valence-electron chi connectivity index (χ1n) is 11.3. The molecule has 172 valence electrons. The summed E-state index contributed by atoms with van der Waals surface area (Å²) in [4.78, 5) is 26.0. The number of piperazine rings is 1.